The van der Waals surface area contributed by atoms with E-state index < -0.39 is 0 Å². The van der Waals surface area contributed by atoms with E-state index in [1.165, 1.54) is 0 Å². The second-order valence-corrected chi connectivity index (χ2v) is 7.44. The molecule has 0 saturated heterocycles. The summed E-state index contributed by atoms with van der Waals surface area (Å²) < 4.78 is 12.2. The van der Waals surface area contributed by atoms with Gasteiger partial charge in [0.2, 0.25) is 0 Å². The van der Waals surface area contributed by atoms with E-state index in [2.05, 4.69) is 21.2 Å². The highest BCUT2D eigenvalue weighted by Gasteiger charge is 2.14. The van der Waals surface area contributed by atoms with Gasteiger partial charge in [-0.15, -0.1) is 0 Å². The number of aliphatic hydroxyl groups excluding tert-OH is 1. The van der Waals surface area contributed by atoms with E-state index in [-0.39, 0.29) is 19.3 Å². The minimum absolute atomic E-state index is 0.0676. The Labute approximate surface area is 172 Å². The van der Waals surface area contributed by atoms with Crippen LogP contribution in [0.1, 0.15) is 24.5 Å². The molecule has 0 spiro atoms. The van der Waals surface area contributed by atoms with E-state index in [1.54, 1.807) is 25.3 Å². The lowest BCUT2D eigenvalue weighted by Gasteiger charge is -2.17. The van der Waals surface area contributed by atoms with Gasteiger partial charge in [0.15, 0.2) is 11.5 Å². The molecule has 0 bridgehead atoms. The molecular formula is C19H22BrCl2NO3. The van der Waals surface area contributed by atoms with Crippen LogP contribution in [-0.2, 0) is 13.2 Å². The largest absolute Gasteiger partial charge is 0.493 e. The number of halogens is 3. The van der Waals surface area contributed by atoms with Crippen LogP contribution in [0.4, 0.5) is 0 Å². The lowest BCUT2D eigenvalue weighted by atomic mass is 10.1. The van der Waals surface area contributed by atoms with Gasteiger partial charge in [0.05, 0.1) is 18.2 Å². The fourth-order valence-electron chi connectivity index (χ4n) is 2.43. The van der Waals surface area contributed by atoms with E-state index in [4.69, 9.17) is 32.7 Å². The molecular weight excluding hydrogens is 441 g/mol. The standard InChI is InChI=1S/C19H22BrCl2NO3/c1-3-13(10-24)23-9-12-7-15(20)19(18(8-12)25-2)26-11-14-16(21)5-4-6-17(14)22/h4-8,13,23-24H,3,9-11H2,1-2H3/t13-/m1/s1. The number of nitrogens with one attached hydrogen (secondary N) is 1. The Morgan fingerprint density at radius 2 is 1.92 bits per heavy atom. The van der Waals surface area contributed by atoms with Gasteiger partial charge in [0, 0.05) is 28.2 Å². The van der Waals surface area contributed by atoms with Crippen molar-refractivity contribution < 1.29 is 14.6 Å². The molecule has 0 unspecified atom stereocenters. The second kappa shape index (κ2) is 10.4. The SMILES string of the molecule is CC[C@H](CO)NCc1cc(Br)c(OCc2c(Cl)cccc2Cl)c(OC)c1. The van der Waals surface area contributed by atoms with Crippen LogP contribution in [0.25, 0.3) is 0 Å². The highest BCUT2D eigenvalue weighted by atomic mass is 79.9. The maximum Gasteiger partial charge on any atom is 0.175 e. The predicted octanol–water partition coefficient (Wildman–Crippen LogP) is 5.20. The molecule has 2 aromatic carbocycles. The molecule has 0 heterocycles. The van der Waals surface area contributed by atoms with Crippen molar-refractivity contribution >= 4 is 39.1 Å². The lowest BCUT2D eigenvalue weighted by molar-refractivity contribution is 0.238. The summed E-state index contributed by atoms with van der Waals surface area (Å²) >= 11 is 15.9. The summed E-state index contributed by atoms with van der Waals surface area (Å²) in [4.78, 5) is 0. The molecule has 0 aliphatic carbocycles. The highest BCUT2D eigenvalue weighted by molar-refractivity contribution is 9.10. The predicted molar refractivity (Wildman–Crippen MR) is 109 cm³/mol. The van der Waals surface area contributed by atoms with Gasteiger partial charge in [-0.1, -0.05) is 36.2 Å². The van der Waals surface area contributed by atoms with Gasteiger partial charge in [-0.3, -0.25) is 0 Å². The molecule has 0 amide bonds. The van der Waals surface area contributed by atoms with Gasteiger partial charge < -0.3 is 19.9 Å². The van der Waals surface area contributed by atoms with Gasteiger partial charge >= 0.3 is 0 Å². The van der Waals surface area contributed by atoms with Gasteiger partial charge in [0.1, 0.15) is 6.61 Å². The fourth-order valence-corrected chi connectivity index (χ4v) is 3.54. The maximum atomic E-state index is 9.29. The van der Waals surface area contributed by atoms with Crippen LogP contribution in [0.3, 0.4) is 0 Å². The molecule has 2 rings (SSSR count). The van der Waals surface area contributed by atoms with Gasteiger partial charge in [-0.2, -0.15) is 0 Å². The number of methoxy groups -OCH3 is 1. The van der Waals surface area contributed by atoms with Gasteiger partial charge in [0.25, 0.3) is 0 Å². The first-order valence-electron chi connectivity index (χ1n) is 8.26. The normalized spacial score (nSPS) is 12.1. The maximum absolute atomic E-state index is 9.29. The van der Waals surface area contributed by atoms with E-state index in [1.807, 2.05) is 19.1 Å². The number of benzene rings is 2. The summed E-state index contributed by atoms with van der Waals surface area (Å²) in [5.74, 6) is 1.19. The molecule has 0 saturated carbocycles. The lowest BCUT2D eigenvalue weighted by Crippen LogP contribution is -2.31. The number of hydrogen-bond donors (Lipinski definition) is 2. The van der Waals surface area contributed by atoms with Crippen molar-refractivity contribution in [1.29, 1.82) is 0 Å². The topological polar surface area (TPSA) is 50.7 Å². The average Bonchev–Trinajstić information content (AvgIpc) is 2.63. The van der Waals surface area contributed by atoms with Crippen molar-refractivity contribution in [2.75, 3.05) is 13.7 Å². The third-order valence-electron chi connectivity index (χ3n) is 4.02. The Balaban J connectivity index is 2.16. The summed E-state index contributed by atoms with van der Waals surface area (Å²) in [7, 11) is 1.59. The van der Waals surface area contributed by atoms with E-state index in [0.29, 0.717) is 28.1 Å². The van der Waals surface area contributed by atoms with Crippen molar-refractivity contribution in [3.8, 4) is 11.5 Å². The quantitative estimate of drug-likeness (QED) is 0.537. The van der Waals surface area contributed by atoms with Crippen molar-refractivity contribution in [2.24, 2.45) is 0 Å². The molecule has 7 heteroatoms. The molecule has 142 valence electrons. The number of rotatable bonds is 9. The van der Waals surface area contributed by atoms with Crippen LogP contribution in [0.2, 0.25) is 10.0 Å². The molecule has 0 aromatic heterocycles. The van der Waals surface area contributed by atoms with E-state index in [9.17, 15) is 5.11 Å². The molecule has 26 heavy (non-hydrogen) atoms. The highest BCUT2D eigenvalue weighted by Crippen LogP contribution is 2.38. The van der Waals surface area contributed by atoms with Crippen LogP contribution in [-0.4, -0.2) is 24.9 Å². The third kappa shape index (κ3) is 5.51. The van der Waals surface area contributed by atoms with Crippen molar-refractivity contribution in [3.63, 3.8) is 0 Å². The summed E-state index contributed by atoms with van der Waals surface area (Å²) in [5.41, 5.74) is 1.74. The molecule has 1 atom stereocenters. The molecule has 4 nitrogen and oxygen atoms in total. The number of ether oxygens (including phenoxy) is 2. The monoisotopic (exact) mass is 461 g/mol. The molecule has 0 fully saturated rings. The van der Waals surface area contributed by atoms with Crippen molar-refractivity contribution in [1.82, 2.24) is 5.32 Å². The summed E-state index contributed by atoms with van der Waals surface area (Å²) in [6, 6.07) is 9.28. The first-order chi connectivity index (χ1) is 12.5. The zero-order valence-corrected chi connectivity index (χ0v) is 17.8. The Morgan fingerprint density at radius 1 is 1.23 bits per heavy atom. The van der Waals surface area contributed by atoms with E-state index >= 15 is 0 Å². The molecule has 2 N–H and O–H groups in total. The van der Waals surface area contributed by atoms with Crippen LogP contribution < -0.4 is 14.8 Å². The van der Waals surface area contributed by atoms with Crippen LogP contribution in [0, 0.1) is 0 Å². The Bertz CT molecular complexity index is 719. The zero-order chi connectivity index (χ0) is 19.1. The smallest absolute Gasteiger partial charge is 0.175 e. The first kappa shape index (κ1) is 21.3. The van der Waals surface area contributed by atoms with E-state index in [0.717, 1.165) is 22.0 Å². The van der Waals surface area contributed by atoms with Crippen LogP contribution in [0.15, 0.2) is 34.8 Å². The first-order valence-corrected chi connectivity index (χ1v) is 9.81. The Morgan fingerprint density at radius 3 is 2.50 bits per heavy atom. The van der Waals surface area contributed by atoms with Crippen molar-refractivity contribution in [3.05, 3.63) is 56.0 Å². The summed E-state index contributed by atoms with van der Waals surface area (Å²) in [5, 5.41) is 13.7. The van der Waals surface area contributed by atoms with Crippen LogP contribution >= 0.6 is 39.1 Å². The zero-order valence-electron chi connectivity index (χ0n) is 14.7. The van der Waals surface area contributed by atoms with Gasteiger partial charge in [-0.05, 0) is 52.2 Å². The minimum Gasteiger partial charge on any atom is -0.493 e. The Kier molecular flexibility index (Phi) is 8.51. The molecule has 0 aliphatic heterocycles. The molecule has 2 aromatic rings. The summed E-state index contributed by atoms with van der Waals surface area (Å²) in [6.07, 6.45) is 0.856. The molecule has 0 radical (unpaired) electrons. The molecule has 0 aliphatic rings. The third-order valence-corrected chi connectivity index (χ3v) is 5.32. The fraction of sp³-hybridized carbons (Fsp3) is 0.368. The number of hydrogen-bond acceptors (Lipinski definition) is 4. The van der Waals surface area contributed by atoms with Crippen LogP contribution in [0.5, 0.6) is 11.5 Å². The second-order valence-electron chi connectivity index (χ2n) is 5.77. The average molecular weight is 463 g/mol. The van der Waals surface area contributed by atoms with Gasteiger partial charge in [-0.25, -0.2) is 0 Å². The summed E-state index contributed by atoms with van der Waals surface area (Å²) in [6.45, 7) is 2.98. The van der Waals surface area contributed by atoms with Crippen molar-refractivity contribution in [2.45, 2.75) is 32.5 Å². The minimum atomic E-state index is 0.0676. The Hall–Kier alpha value is -0.980. The number of aliphatic hydroxyl groups is 1.